The smallest absolute Gasteiger partial charge is 0.138 e. The molecule has 2 aliphatic carbocycles. The summed E-state index contributed by atoms with van der Waals surface area (Å²) in [6.45, 7) is 1.89. The number of rotatable bonds is 6. The van der Waals surface area contributed by atoms with Crippen LogP contribution in [0.25, 0.3) is 0 Å². The highest BCUT2D eigenvalue weighted by Crippen LogP contribution is 2.43. The van der Waals surface area contributed by atoms with E-state index in [1.165, 1.54) is 49.7 Å². The first-order valence-electron chi connectivity index (χ1n) is 11.9. The standard InChI is InChI=1S/C27H35ClO2/c28-25-15-4-2-1-3-5-16-26(25)30-27-23(20-22-12-6-7-14-24(22)27)13-8-10-21-11-9-18-29-19-17-21/h4-7,12,14-16,21,23,27H,1-3,8-11,13,17-20H2. The van der Waals surface area contributed by atoms with Crippen LogP contribution in [0.15, 0.2) is 59.4 Å². The fraction of sp³-hybridized carbons (Fsp3) is 0.556. The maximum atomic E-state index is 6.65. The first kappa shape index (κ1) is 21.7. The molecule has 4 rings (SSSR count). The predicted octanol–water partition coefficient (Wildman–Crippen LogP) is 7.65. The molecule has 3 aliphatic rings. The van der Waals surface area contributed by atoms with Crippen molar-refractivity contribution < 1.29 is 9.47 Å². The molecule has 1 saturated heterocycles. The van der Waals surface area contributed by atoms with E-state index in [0.717, 1.165) is 55.6 Å². The molecule has 0 spiro atoms. The number of allylic oxidation sites excluding steroid dienone is 5. The van der Waals surface area contributed by atoms with Crippen LogP contribution < -0.4 is 0 Å². The van der Waals surface area contributed by atoms with Gasteiger partial charge in [-0.1, -0.05) is 60.9 Å². The van der Waals surface area contributed by atoms with Crippen molar-refractivity contribution in [3.05, 3.63) is 70.5 Å². The molecule has 0 amide bonds. The number of fused-ring (bicyclic) bond motifs is 1. The summed E-state index contributed by atoms with van der Waals surface area (Å²) < 4.78 is 12.3. The predicted molar refractivity (Wildman–Crippen MR) is 124 cm³/mol. The van der Waals surface area contributed by atoms with Gasteiger partial charge in [0.15, 0.2) is 0 Å². The van der Waals surface area contributed by atoms with E-state index in [0.29, 0.717) is 5.92 Å². The zero-order valence-corrected chi connectivity index (χ0v) is 18.8. The van der Waals surface area contributed by atoms with Gasteiger partial charge in [-0.3, -0.25) is 0 Å². The molecule has 3 atom stereocenters. The van der Waals surface area contributed by atoms with E-state index < -0.39 is 0 Å². The van der Waals surface area contributed by atoms with Crippen molar-refractivity contribution in [3.63, 3.8) is 0 Å². The molecule has 162 valence electrons. The molecule has 0 radical (unpaired) electrons. The zero-order valence-electron chi connectivity index (χ0n) is 18.0. The molecule has 1 fully saturated rings. The van der Waals surface area contributed by atoms with Gasteiger partial charge in [0.25, 0.3) is 0 Å². The monoisotopic (exact) mass is 426 g/mol. The van der Waals surface area contributed by atoms with Gasteiger partial charge in [0.1, 0.15) is 11.9 Å². The van der Waals surface area contributed by atoms with E-state index in [2.05, 4.69) is 42.5 Å². The summed E-state index contributed by atoms with van der Waals surface area (Å²) in [4.78, 5) is 0. The first-order valence-corrected chi connectivity index (χ1v) is 12.2. The van der Waals surface area contributed by atoms with Crippen LogP contribution in [-0.4, -0.2) is 13.2 Å². The van der Waals surface area contributed by atoms with Crippen molar-refractivity contribution in [2.24, 2.45) is 11.8 Å². The van der Waals surface area contributed by atoms with Crippen LogP contribution in [0.4, 0.5) is 0 Å². The van der Waals surface area contributed by atoms with Crippen molar-refractivity contribution in [2.75, 3.05) is 13.2 Å². The van der Waals surface area contributed by atoms with Crippen molar-refractivity contribution >= 4 is 11.6 Å². The SMILES string of the molecule is ClC1=C(OC2c3ccccc3CC2CCCC2CCCOCC2)C=CCCCC=C1. The van der Waals surface area contributed by atoms with Gasteiger partial charge in [-0.25, -0.2) is 0 Å². The lowest BCUT2D eigenvalue weighted by atomic mass is 9.90. The molecule has 2 nitrogen and oxygen atoms in total. The molecule has 0 saturated carbocycles. The third-order valence-electron chi connectivity index (χ3n) is 6.79. The fourth-order valence-corrected chi connectivity index (χ4v) is 5.30. The van der Waals surface area contributed by atoms with E-state index in [-0.39, 0.29) is 6.10 Å². The van der Waals surface area contributed by atoms with Crippen LogP contribution in [0.5, 0.6) is 0 Å². The lowest BCUT2D eigenvalue weighted by Gasteiger charge is -2.24. The van der Waals surface area contributed by atoms with E-state index in [4.69, 9.17) is 21.1 Å². The second-order valence-electron chi connectivity index (χ2n) is 8.99. The lowest BCUT2D eigenvalue weighted by Crippen LogP contribution is -2.13. The number of hydrogen-bond acceptors (Lipinski definition) is 2. The molecule has 3 unspecified atom stereocenters. The van der Waals surface area contributed by atoms with Crippen LogP contribution in [0, 0.1) is 11.8 Å². The molecular weight excluding hydrogens is 392 g/mol. The average molecular weight is 427 g/mol. The summed E-state index contributed by atoms with van der Waals surface area (Å²) in [7, 11) is 0. The van der Waals surface area contributed by atoms with Crippen molar-refractivity contribution in [1.82, 2.24) is 0 Å². The molecular formula is C27H35ClO2. The van der Waals surface area contributed by atoms with Crippen molar-refractivity contribution in [2.45, 2.75) is 70.3 Å². The van der Waals surface area contributed by atoms with Crippen LogP contribution in [0.2, 0.25) is 0 Å². The summed E-state index contributed by atoms with van der Waals surface area (Å²) in [6.07, 6.45) is 20.5. The minimum absolute atomic E-state index is 0.0984. The lowest BCUT2D eigenvalue weighted by molar-refractivity contribution is 0.0759. The molecule has 1 aromatic rings. The van der Waals surface area contributed by atoms with Crippen LogP contribution in [0.3, 0.4) is 0 Å². The van der Waals surface area contributed by atoms with Gasteiger partial charge >= 0.3 is 0 Å². The van der Waals surface area contributed by atoms with Crippen molar-refractivity contribution in [1.29, 1.82) is 0 Å². The van der Waals surface area contributed by atoms with Gasteiger partial charge in [0.2, 0.25) is 0 Å². The highest BCUT2D eigenvalue weighted by atomic mass is 35.5. The summed E-state index contributed by atoms with van der Waals surface area (Å²) in [5.74, 6) is 2.17. The molecule has 1 heterocycles. The minimum atomic E-state index is 0.0984. The maximum absolute atomic E-state index is 6.65. The van der Waals surface area contributed by atoms with E-state index in [1.54, 1.807) is 0 Å². The molecule has 0 bridgehead atoms. The number of hydrogen-bond donors (Lipinski definition) is 0. The topological polar surface area (TPSA) is 18.5 Å². The van der Waals surface area contributed by atoms with Crippen LogP contribution in [-0.2, 0) is 15.9 Å². The second kappa shape index (κ2) is 11.2. The van der Waals surface area contributed by atoms with Gasteiger partial charge in [-0.2, -0.15) is 0 Å². The quantitative estimate of drug-likeness (QED) is 0.465. The Hall–Kier alpha value is -1.51. The zero-order chi connectivity index (χ0) is 20.6. The highest BCUT2D eigenvalue weighted by molar-refractivity contribution is 6.31. The Bertz CT molecular complexity index is 771. The van der Waals surface area contributed by atoms with Gasteiger partial charge in [0, 0.05) is 19.1 Å². The van der Waals surface area contributed by atoms with Gasteiger partial charge in [0.05, 0.1) is 5.03 Å². The molecule has 1 aromatic carbocycles. The summed E-state index contributed by atoms with van der Waals surface area (Å²) in [6, 6.07) is 8.80. The fourth-order valence-electron chi connectivity index (χ4n) is 5.11. The largest absolute Gasteiger partial charge is 0.484 e. The van der Waals surface area contributed by atoms with Crippen LogP contribution in [0.1, 0.15) is 75.0 Å². The van der Waals surface area contributed by atoms with Gasteiger partial charge < -0.3 is 9.47 Å². The van der Waals surface area contributed by atoms with Gasteiger partial charge in [-0.15, -0.1) is 0 Å². The Kier molecular flexibility index (Phi) is 8.11. The Morgan fingerprint density at radius 3 is 2.77 bits per heavy atom. The minimum Gasteiger partial charge on any atom is -0.484 e. The summed E-state index contributed by atoms with van der Waals surface area (Å²) in [5, 5.41) is 0.717. The highest BCUT2D eigenvalue weighted by Gasteiger charge is 2.34. The summed E-state index contributed by atoms with van der Waals surface area (Å²) >= 11 is 6.61. The second-order valence-corrected chi connectivity index (χ2v) is 9.40. The third-order valence-corrected chi connectivity index (χ3v) is 7.11. The Balaban J connectivity index is 1.45. The number of benzene rings is 1. The maximum Gasteiger partial charge on any atom is 0.138 e. The number of halogens is 1. The number of ether oxygens (including phenoxy) is 2. The first-order chi connectivity index (χ1) is 14.8. The Labute approximate surface area is 187 Å². The molecule has 3 heteroatoms. The van der Waals surface area contributed by atoms with Gasteiger partial charge in [-0.05, 0) is 80.6 Å². The average Bonchev–Trinajstić information content (AvgIpc) is 2.94. The molecule has 1 aliphatic heterocycles. The van der Waals surface area contributed by atoms with E-state index >= 15 is 0 Å². The molecule has 0 N–H and O–H groups in total. The van der Waals surface area contributed by atoms with E-state index in [1.807, 2.05) is 6.08 Å². The summed E-state index contributed by atoms with van der Waals surface area (Å²) in [5.41, 5.74) is 2.79. The van der Waals surface area contributed by atoms with Crippen molar-refractivity contribution in [3.8, 4) is 0 Å². The Morgan fingerprint density at radius 2 is 1.83 bits per heavy atom. The normalized spacial score (nSPS) is 27.2. The van der Waals surface area contributed by atoms with E-state index in [9.17, 15) is 0 Å². The Morgan fingerprint density at radius 1 is 0.967 bits per heavy atom. The molecule has 30 heavy (non-hydrogen) atoms. The third kappa shape index (κ3) is 5.80. The molecule has 0 aromatic heterocycles. The van der Waals surface area contributed by atoms with Crippen LogP contribution >= 0.6 is 11.6 Å².